The molecule has 132 valence electrons. The molecule has 5 aromatic rings. The molecule has 0 aliphatic carbocycles. The van der Waals surface area contributed by atoms with E-state index in [0.717, 1.165) is 22.1 Å². The first-order valence-corrected chi connectivity index (χ1v) is 8.54. The van der Waals surface area contributed by atoms with Crippen molar-refractivity contribution in [3.63, 3.8) is 0 Å². The van der Waals surface area contributed by atoms with Gasteiger partial charge >= 0.3 is 0 Å². The van der Waals surface area contributed by atoms with E-state index in [9.17, 15) is 5.26 Å². The molecule has 2 heterocycles. The molecule has 0 atom stereocenters. The lowest BCUT2D eigenvalue weighted by Crippen LogP contribution is -2.24. The van der Waals surface area contributed by atoms with E-state index in [-0.39, 0.29) is 0 Å². The highest BCUT2D eigenvalue weighted by Crippen LogP contribution is 2.19. The normalized spacial score (nSPS) is 10.8. The molecule has 0 aliphatic heterocycles. The summed E-state index contributed by atoms with van der Waals surface area (Å²) in [6, 6.07) is 24.4. The monoisotopic (exact) mass is 364 g/mol. The Morgan fingerprint density at radius 3 is 2.00 bits per heavy atom. The third kappa shape index (κ3) is 2.59. The van der Waals surface area contributed by atoms with Gasteiger partial charge in [0.1, 0.15) is 11.0 Å². The van der Waals surface area contributed by atoms with Gasteiger partial charge in [-0.3, -0.25) is 0 Å². The predicted octanol–water partition coefficient (Wildman–Crippen LogP) is 3.13. The van der Waals surface area contributed by atoms with E-state index in [2.05, 4.69) is 26.7 Å². The molecule has 0 saturated carbocycles. The minimum absolute atomic E-state index is 0.414. The Morgan fingerprint density at radius 1 is 0.786 bits per heavy atom. The van der Waals surface area contributed by atoms with Gasteiger partial charge in [-0.05, 0) is 42.5 Å². The summed E-state index contributed by atoms with van der Waals surface area (Å²) in [4.78, 5) is 4.74. The smallest absolute Gasteiger partial charge is 0.212 e. The van der Waals surface area contributed by atoms with Crippen molar-refractivity contribution >= 4 is 33.7 Å². The van der Waals surface area contributed by atoms with Crippen LogP contribution in [0.1, 0.15) is 5.56 Å². The molecule has 0 aliphatic rings. The molecule has 28 heavy (non-hydrogen) atoms. The number of nitriles is 1. The number of aromatic nitrogens is 6. The number of rotatable bonds is 1. The zero-order valence-corrected chi connectivity index (χ0v) is 14.5. The van der Waals surface area contributed by atoms with Gasteiger partial charge in [0.2, 0.25) is 0 Å². The maximum atomic E-state index is 9.19. The molecule has 0 amide bonds. The molecule has 8 nitrogen and oxygen atoms in total. The molecule has 0 radical (unpaired) electrons. The minimum Gasteiger partial charge on any atom is -0.212 e. The van der Waals surface area contributed by atoms with Crippen LogP contribution < -0.4 is 0 Å². The number of hydrogen-bond donors (Lipinski definition) is 0. The zero-order valence-electron chi connectivity index (χ0n) is 14.5. The van der Waals surface area contributed by atoms with Crippen LogP contribution in [0.3, 0.4) is 0 Å². The Kier molecular flexibility index (Phi) is 3.63. The fourth-order valence-corrected chi connectivity index (χ4v) is 2.98. The molecule has 8 heteroatoms. The molecule has 3 aromatic carbocycles. The van der Waals surface area contributed by atoms with Gasteiger partial charge in [-0.1, -0.05) is 40.8 Å². The van der Waals surface area contributed by atoms with Crippen molar-refractivity contribution in [2.45, 2.75) is 0 Å². The van der Waals surface area contributed by atoms with Gasteiger partial charge in [-0.2, -0.15) is 14.6 Å². The van der Waals surface area contributed by atoms with Crippen LogP contribution in [-0.2, 0) is 0 Å². The summed E-state index contributed by atoms with van der Waals surface area (Å²) in [7, 11) is 0. The average Bonchev–Trinajstić information content (AvgIpc) is 3.37. The van der Waals surface area contributed by atoms with Crippen molar-refractivity contribution in [1.82, 2.24) is 30.0 Å². The van der Waals surface area contributed by atoms with Crippen LogP contribution in [0.25, 0.3) is 22.1 Å². The van der Waals surface area contributed by atoms with Crippen molar-refractivity contribution in [2.24, 2.45) is 4.99 Å². The van der Waals surface area contributed by atoms with Crippen LogP contribution in [0, 0.1) is 11.3 Å². The van der Waals surface area contributed by atoms with Crippen LogP contribution in [0.4, 0.5) is 5.69 Å². The van der Waals surface area contributed by atoms with E-state index in [1.807, 2.05) is 54.6 Å². The third-order valence-corrected chi connectivity index (χ3v) is 4.29. The number of benzene rings is 3. The summed E-state index contributed by atoms with van der Waals surface area (Å²) in [5, 5.41) is 26.2. The number of fused-ring (bicyclic) bond motifs is 2. The first kappa shape index (κ1) is 15.8. The van der Waals surface area contributed by atoms with Crippen molar-refractivity contribution in [1.29, 1.82) is 5.26 Å². The topological polar surface area (TPSA) is 97.6 Å². The van der Waals surface area contributed by atoms with Crippen LogP contribution in [-0.4, -0.2) is 35.9 Å². The van der Waals surface area contributed by atoms with Gasteiger partial charge in [-0.15, -0.1) is 10.2 Å². The first-order chi connectivity index (χ1) is 13.8. The van der Waals surface area contributed by atoms with Crippen molar-refractivity contribution < 1.29 is 0 Å². The van der Waals surface area contributed by atoms with Gasteiger partial charge < -0.3 is 0 Å². The number of para-hydroxylation sites is 2. The van der Waals surface area contributed by atoms with E-state index < -0.39 is 0 Å². The quantitative estimate of drug-likeness (QED) is 0.336. The van der Waals surface area contributed by atoms with E-state index >= 15 is 0 Å². The van der Waals surface area contributed by atoms with Gasteiger partial charge in [0, 0.05) is 0 Å². The molecule has 0 unspecified atom stereocenters. The molecule has 0 fully saturated rings. The highest BCUT2D eigenvalue weighted by Gasteiger charge is 2.16. The standard InChI is InChI=1S/C20H12N8/c21-13-14-6-5-7-15(12-14)22-20(27-18-10-3-1-8-16(18)23-25-27)28-19-11-4-2-9-17(19)24-26-28/h1-12H. The summed E-state index contributed by atoms with van der Waals surface area (Å²) in [5.41, 5.74) is 4.19. The van der Waals surface area contributed by atoms with Gasteiger partial charge in [0.15, 0.2) is 0 Å². The first-order valence-electron chi connectivity index (χ1n) is 8.54. The summed E-state index contributed by atoms with van der Waals surface area (Å²) in [5.74, 6) is 0.414. The summed E-state index contributed by atoms with van der Waals surface area (Å²) in [6.07, 6.45) is 0. The van der Waals surface area contributed by atoms with Crippen LogP contribution in [0.15, 0.2) is 77.8 Å². The number of hydrogen-bond acceptors (Lipinski definition) is 6. The molecular weight excluding hydrogens is 352 g/mol. The second-order valence-corrected chi connectivity index (χ2v) is 6.05. The summed E-state index contributed by atoms with van der Waals surface area (Å²) >= 11 is 0. The van der Waals surface area contributed by atoms with E-state index in [1.165, 1.54) is 0 Å². The summed E-state index contributed by atoms with van der Waals surface area (Å²) in [6.45, 7) is 0. The molecule has 0 N–H and O–H groups in total. The van der Waals surface area contributed by atoms with E-state index in [4.69, 9.17) is 4.99 Å². The molecule has 2 aromatic heterocycles. The van der Waals surface area contributed by atoms with E-state index in [0.29, 0.717) is 17.2 Å². The largest absolute Gasteiger partial charge is 0.256 e. The average molecular weight is 364 g/mol. The zero-order chi connectivity index (χ0) is 18.9. The second kappa shape index (κ2) is 6.41. The fraction of sp³-hybridized carbons (Fsp3) is 0. The Morgan fingerprint density at radius 2 is 1.39 bits per heavy atom. The van der Waals surface area contributed by atoms with Crippen molar-refractivity contribution in [3.8, 4) is 6.07 Å². The highest BCUT2D eigenvalue weighted by molar-refractivity contribution is 5.97. The third-order valence-electron chi connectivity index (χ3n) is 4.29. The van der Waals surface area contributed by atoms with Crippen LogP contribution in [0.2, 0.25) is 0 Å². The molecule has 0 saturated heterocycles. The van der Waals surface area contributed by atoms with Crippen LogP contribution in [0.5, 0.6) is 0 Å². The second-order valence-electron chi connectivity index (χ2n) is 6.05. The van der Waals surface area contributed by atoms with Gasteiger partial charge in [0.05, 0.1) is 28.4 Å². The number of nitrogens with zero attached hydrogens (tertiary/aromatic N) is 8. The molecule has 0 spiro atoms. The van der Waals surface area contributed by atoms with Crippen LogP contribution >= 0.6 is 0 Å². The van der Waals surface area contributed by atoms with Crippen molar-refractivity contribution in [2.75, 3.05) is 0 Å². The molecule has 0 bridgehead atoms. The lowest BCUT2D eigenvalue weighted by Gasteiger charge is -2.08. The predicted molar refractivity (Wildman–Crippen MR) is 104 cm³/mol. The lowest BCUT2D eigenvalue weighted by molar-refractivity contribution is 0.773. The molecule has 5 rings (SSSR count). The maximum absolute atomic E-state index is 9.19. The van der Waals surface area contributed by atoms with Gasteiger partial charge in [0.25, 0.3) is 5.96 Å². The minimum atomic E-state index is 0.414. The van der Waals surface area contributed by atoms with Gasteiger partial charge in [-0.25, -0.2) is 4.99 Å². The molecular formula is C20H12N8. The SMILES string of the molecule is N#Cc1cccc(N=C(n2nnc3ccccc32)n2nnc3ccccc32)c1. The van der Waals surface area contributed by atoms with E-state index in [1.54, 1.807) is 27.6 Å². The maximum Gasteiger partial charge on any atom is 0.256 e. The Bertz CT molecular complexity index is 1310. The lowest BCUT2D eigenvalue weighted by atomic mass is 10.2. The summed E-state index contributed by atoms with van der Waals surface area (Å²) < 4.78 is 3.24. The Balaban J connectivity index is 1.79. The van der Waals surface area contributed by atoms with Crippen molar-refractivity contribution in [3.05, 3.63) is 78.4 Å². The fourth-order valence-electron chi connectivity index (χ4n) is 2.98. The number of aliphatic imine (C=N–C) groups is 1. The highest BCUT2D eigenvalue weighted by atomic mass is 15.6. The Labute approximate surface area is 159 Å². The Hall–Kier alpha value is -4.38.